The third kappa shape index (κ3) is 2.46. The number of carbonyl (C=O) groups excluding carboxylic acids is 1. The molecule has 1 heterocycles. The van der Waals surface area contributed by atoms with Gasteiger partial charge in [0.15, 0.2) is 0 Å². The number of phenolic OH excluding ortho intramolecular Hbond substituents is 1. The van der Waals surface area contributed by atoms with Gasteiger partial charge in [0.1, 0.15) is 11.5 Å². The van der Waals surface area contributed by atoms with Crippen LogP contribution in [0.1, 0.15) is 22.7 Å². The molecule has 1 aliphatic heterocycles. The molecule has 2 aromatic carbocycles. The Kier molecular flexibility index (Phi) is 3.60. The third-order valence-electron chi connectivity index (χ3n) is 4.18. The Hall–Kier alpha value is -2.75. The zero-order chi connectivity index (χ0) is 16.7. The zero-order valence-electron chi connectivity index (χ0n) is 13.5. The van der Waals surface area contributed by atoms with Crippen molar-refractivity contribution < 1.29 is 14.6 Å². The van der Waals surface area contributed by atoms with Crippen LogP contribution in [-0.4, -0.2) is 18.1 Å². The van der Waals surface area contributed by atoms with E-state index in [9.17, 15) is 9.90 Å². The van der Waals surface area contributed by atoms with Crippen LogP contribution in [0.4, 0.5) is 5.69 Å². The van der Waals surface area contributed by atoms with Crippen LogP contribution in [0.5, 0.6) is 11.5 Å². The SMILES string of the molecule is C=C1C(=O)N(c2cc(C)cc(OC)c2)[C@H]1c1ccc(C)c(O)c1. The van der Waals surface area contributed by atoms with Gasteiger partial charge in [0.2, 0.25) is 0 Å². The first kappa shape index (κ1) is 15.2. The van der Waals surface area contributed by atoms with E-state index in [2.05, 4.69) is 6.58 Å². The van der Waals surface area contributed by atoms with E-state index in [1.807, 2.05) is 44.2 Å². The third-order valence-corrected chi connectivity index (χ3v) is 4.18. The number of β-lactam (4-membered cyclic amide) rings is 1. The maximum Gasteiger partial charge on any atom is 0.256 e. The van der Waals surface area contributed by atoms with Gasteiger partial charge in [-0.25, -0.2) is 0 Å². The lowest BCUT2D eigenvalue weighted by molar-refractivity contribution is -0.118. The lowest BCUT2D eigenvalue weighted by atomic mass is 9.87. The Morgan fingerprint density at radius 3 is 2.57 bits per heavy atom. The molecule has 0 aliphatic carbocycles. The fraction of sp³-hybridized carbons (Fsp3) is 0.211. The highest BCUT2D eigenvalue weighted by molar-refractivity contribution is 6.15. The van der Waals surface area contributed by atoms with E-state index in [4.69, 9.17) is 4.74 Å². The summed E-state index contributed by atoms with van der Waals surface area (Å²) in [6, 6.07) is 10.9. The molecule has 0 aromatic heterocycles. The Bertz CT molecular complexity index is 810. The molecule has 0 radical (unpaired) electrons. The second-order valence-corrected chi connectivity index (χ2v) is 5.86. The van der Waals surface area contributed by atoms with E-state index in [-0.39, 0.29) is 17.7 Å². The summed E-state index contributed by atoms with van der Waals surface area (Å²) in [7, 11) is 1.60. The minimum absolute atomic E-state index is 0.109. The van der Waals surface area contributed by atoms with Gasteiger partial charge in [-0.05, 0) is 48.7 Å². The predicted molar refractivity (Wildman–Crippen MR) is 89.9 cm³/mol. The van der Waals surface area contributed by atoms with Crippen molar-refractivity contribution in [1.82, 2.24) is 0 Å². The summed E-state index contributed by atoms with van der Waals surface area (Å²) < 4.78 is 5.29. The van der Waals surface area contributed by atoms with Crippen molar-refractivity contribution in [2.45, 2.75) is 19.9 Å². The molecule has 1 fully saturated rings. The number of rotatable bonds is 3. The minimum Gasteiger partial charge on any atom is -0.508 e. The number of anilines is 1. The largest absolute Gasteiger partial charge is 0.508 e. The Morgan fingerprint density at radius 2 is 1.91 bits per heavy atom. The molecule has 118 valence electrons. The second kappa shape index (κ2) is 5.47. The van der Waals surface area contributed by atoms with Gasteiger partial charge >= 0.3 is 0 Å². The zero-order valence-corrected chi connectivity index (χ0v) is 13.5. The highest BCUT2D eigenvalue weighted by atomic mass is 16.5. The highest BCUT2D eigenvalue weighted by Gasteiger charge is 2.42. The van der Waals surface area contributed by atoms with Crippen LogP contribution in [0.15, 0.2) is 48.6 Å². The van der Waals surface area contributed by atoms with Crippen molar-refractivity contribution in [2.75, 3.05) is 12.0 Å². The number of hydrogen-bond acceptors (Lipinski definition) is 3. The van der Waals surface area contributed by atoms with Crippen LogP contribution in [0.25, 0.3) is 0 Å². The van der Waals surface area contributed by atoms with E-state index in [0.717, 1.165) is 22.4 Å². The smallest absolute Gasteiger partial charge is 0.256 e. The van der Waals surface area contributed by atoms with Crippen molar-refractivity contribution in [3.05, 3.63) is 65.2 Å². The maximum atomic E-state index is 12.3. The number of phenols is 1. The van der Waals surface area contributed by atoms with Gasteiger partial charge < -0.3 is 9.84 Å². The molecule has 2 aromatic rings. The minimum atomic E-state index is -0.263. The topological polar surface area (TPSA) is 49.8 Å². The molecule has 1 saturated heterocycles. The van der Waals surface area contributed by atoms with Crippen molar-refractivity contribution in [3.63, 3.8) is 0 Å². The summed E-state index contributed by atoms with van der Waals surface area (Å²) in [5, 5.41) is 9.95. The summed E-state index contributed by atoms with van der Waals surface area (Å²) in [5.41, 5.74) is 3.94. The quantitative estimate of drug-likeness (QED) is 0.695. The number of benzene rings is 2. The van der Waals surface area contributed by atoms with Crippen LogP contribution < -0.4 is 9.64 Å². The van der Waals surface area contributed by atoms with E-state index in [1.165, 1.54) is 0 Å². The first-order valence-corrected chi connectivity index (χ1v) is 7.40. The van der Waals surface area contributed by atoms with Gasteiger partial charge in [0.25, 0.3) is 5.91 Å². The Balaban J connectivity index is 2.04. The summed E-state index contributed by atoms with van der Waals surface area (Å²) in [6.45, 7) is 7.68. The van der Waals surface area contributed by atoms with E-state index < -0.39 is 0 Å². The molecule has 0 unspecified atom stereocenters. The number of ether oxygens (including phenoxy) is 1. The van der Waals surface area contributed by atoms with E-state index in [1.54, 1.807) is 18.1 Å². The number of aromatic hydroxyl groups is 1. The van der Waals surface area contributed by atoms with Gasteiger partial charge in [-0.15, -0.1) is 0 Å². The van der Waals surface area contributed by atoms with Crippen LogP contribution in [0.2, 0.25) is 0 Å². The number of carbonyl (C=O) groups is 1. The first-order chi connectivity index (χ1) is 10.9. The predicted octanol–water partition coefficient (Wildman–Crippen LogP) is 3.66. The molecule has 0 saturated carbocycles. The number of aryl methyl sites for hydroxylation is 2. The fourth-order valence-corrected chi connectivity index (χ4v) is 2.88. The van der Waals surface area contributed by atoms with Crippen molar-refractivity contribution >= 4 is 11.6 Å². The van der Waals surface area contributed by atoms with Gasteiger partial charge in [-0.3, -0.25) is 9.69 Å². The highest BCUT2D eigenvalue weighted by Crippen LogP contribution is 2.44. The molecule has 1 amide bonds. The molecule has 4 nitrogen and oxygen atoms in total. The molecule has 0 spiro atoms. The monoisotopic (exact) mass is 309 g/mol. The summed E-state index contributed by atoms with van der Waals surface area (Å²) >= 11 is 0. The molecule has 0 bridgehead atoms. The molecule has 23 heavy (non-hydrogen) atoms. The average molecular weight is 309 g/mol. The van der Waals surface area contributed by atoms with Gasteiger partial charge in [0.05, 0.1) is 13.2 Å². The molecular weight excluding hydrogens is 290 g/mol. The molecule has 4 heteroatoms. The Morgan fingerprint density at radius 1 is 1.17 bits per heavy atom. The van der Waals surface area contributed by atoms with Crippen molar-refractivity contribution in [2.24, 2.45) is 0 Å². The molecule has 1 N–H and O–H groups in total. The van der Waals surface area contributed by atoms with Crippen LogP contribution >= 0.6 is 0 Å². The van der Waals surface area contributed by atoms with E-state index >= 15 is 0 Å². The van der Waals surface area contributed by atoms with Crippen LogP contribution in [-0.2, 0) is 4.79 Å². The maximum absolute atomic E-state index is 12.3. The molecule has 1 atom stereocenters. The van der Waals surface area contributed by atoms with Crippen molar-refractivity contribution in [3.8, 4) is 11.5 Å². The number of hydrogen-bond donors (Lipinski definition) is 1. The van der Waals surface area contributed by atoms with Gasteiger partial charge in [-0.2, -0.15) is 0 Å². The number of methoxy groups -OCH3 is 1. The summed E-state index contributed by atoms with van der Waals surface area (Å²) in [5.74, 6) is 0.815. The standard InChI is InChI=1S/C19H19NO3/c1-11-7-15(10-16(8-11)23-4)20-18(13(3)19(20)22)14-6-5-12(2)17(21)9-14/h5-10,18,21H,3H2,1-2,4H3/t18-/m1/s1. The van der Waals surface area contributed by atoms with Crippen LogP contribution in [0.3, 0.4) is 0 Å². The molecular formula is C19H19NO3. The van der Waals surface area contributed by atoms with Crippen molar-refractivity contribution in [1.29, 1.82) is 0 Å². The van der Waals surface area contributed by atoms with Gasteiger partial charge in [-0.1, -0.05) is 18.7 Å². The second-order valence-electron chi connectivity index (χ2n) is 5.86. The Labute approximate surface area is 135 Å². The fourth-order valence-electron chi connectivity index (χ4n) is 2.88. The first-order valence-electron chi connectivity index (χ1n) is 7.40. The summed E-state index contributed by atoms with van der Waals surface area (Å²) in [4.78, 5) is 14.0. The lowest BCUT2D eigenvalue weighted by Crippen LogP contribution is -2.48. The number of nitrogens with zero attached hydrogens (tertiary/aromatic N) is 1. The molecule has 1 aliphatic rings. The average Bonchev–Trinajstić information content (AvgIpc) is 2.53. The lowest BCUT2D eigenvalue weighted by Gasteiger charge is -2.42. The van der Waals surface area contributed by atoms with E-state index in [0.29, 0.717) is 11.3 Å². The normalized spacial score (nSPS) is 17.2. The van der Waals surface area contributed by atoms with Gasteiger partial charge in [0, 0.05) is 17.3 Å². The molecule has 3 rings (SSSR count). The summed E-state index contributed by atoms with van der Waals surface area (Å²) in [6.07, 6.45) is 0. The number of amides is 1. The van der Waals surface area contributed by atoms with Crippen LogP contribution in [0, 0.1) is 13.8 Å².